The molecule has 0 saturated heterocycles. The summed E-state index contributed by atoms with van der Waals surface area (Å²) in [5, 5.41) is 0. The third-order valence-corrected chi connectivity index (χ3v) is 4.70. The van der Waals surface area contributed by atoms with Gasteiger partial charge in [0, 0.05) is 6.42 Å². The van der Waals surface area contributed by atoms with Gasteiger partial charge >= 0.3 is 5.97 Å². The highest BCUT2D eigenvalue weighted by atomic mass is 16.5. The highest BCUT2D eigenvalue weighted by molar-refractivity contribution is 6.18. The Kier molecular flexibility index (Phi) is 3.59. The molecule has 1 atom stereocenters. The van der Waals surface area contributed by atoms with Crippen LogP contribution in [0.25, 0.3) is 0 Å². The Morgan fingerprint density at radius 3 is 2.53 bits per heavy atom. The largest absolute Gasteiger partial charge is 0.462 e. The molecule has 1 fully saturated rings. The van der Waals surface area contributed by atoms with Crippen LogP contribution < -0.4 is 0 Å². The van der Waals surface area contributed by atoms with E-state index >= 15 is 0 Å². The lowest BCUT2D eigenvalue weighted by Gasteiger charge is -2.46. The summed E-state index contributed by atoms with van der Waals surface area (Å²) < 4.78 is 5.10. The molecule has 1 saturated carbocycles. The Labute approximate surface area is 115 Å². The first-order valence-electron chi connectivity index (χ1n) is 7.23. The lowest BCUT2D eigenvalue weighted by molar-refractivity contribution is -0.140. The van der Waals surface area contributed by atoms with Gasteiger partial charge in [0.15, 0.2) is 5.78 Å². The number of esters is 1. The molecule has 19 heavy (non-hydrogen) atoms. The monoisotopic (exact) mass is 264 g/mol. The van der Waals surface area contributed by atoms with Crippen molar-refractivity contribution in [1.29, 1.82) is 0 Å². The standard InChI is InChI=1S/C16H24O3/c1-5-19-14(18)13-11-10-15(2,3)8-9-16(11,4)7-6-12(13)17/h5-10H2,1-4H3. The van der Waals surface area contributed by atoms with Crippen LogP contribution in [0.3, 0.4) is 0 Å². The van der Waals surface area contributed by atoms with Crippen LogP contribution in [0.5, 0.6) is 0 Å². The molecular formula is C16H24O3. The molecule has 0 aromatic rings. The third kappa shape index (κ3) is 2.60. The Balaban J connectivity index is 2.47. The van der Waals surface area contributed by atoms with E-state index in [1.165, 1.54) is 0 Å². The van der Waals surface area contributed by atoms with Crippen LogP contribution in [0.1, 0.15) is 59.8 Å². The first-order chi connectivity index (χ1) is 8.79. The quantitative estimate of drug-likeness (QED) is 0.567. The maximum Gasteiger partial charge on any atom is 0.341 e. The molecule has 0 bridgehead atoms. The molecule has 106 valence electrons. The minimum absolute atomic E-state index is 0.0194. The fourth-order valence-electron chi connectivity index (χ4n) is 3.33. The van der Waals surface area contributed by atoms with E-state index in [1.807, 2.05) is 0 Å². The number of Topliss-reactive ketones (excluding diaryl/α,β-unsaturated/α-hetero) is 1. The minimum Gasteiger partial charge on any atom is -0.462 e. The number of hydrogen-bond donors (Lipinski definition) is 0. The maximum atomic E-state index is 12.2. The number of fused-ring (bicyclic) bond motifs is 1. The molecule has 3 nitrogen and oxygen atoms in total. The van der Waals surface area contributed by atoms with Gasteiger partial charge in [-0.15, -0.1) is 0 Å². The molecule has 1 unspecified atom stereocenters. The van der Waals surface area contributed by atoms with Crippen molar-refractivity contribution in [3.8, 4) is 0 Å². The summed E-state index contributed by atoms with van der Waals surface area (Å²) in [5.74, 6) is -0.435. The Bertz CT molecular complexity index is 445. The summed E-state index contributed by atoms with van der Waals surface area (Å²) in [6, 6.07) is 0. The average molecular weight is 264 g/mol. The molecule has 0 aromatic heterocycles. The van der Waals surface area contributed by atoms with Crippen LogP contribution in [0.4, 0.5) is 0 Å². The molecule has 0 spiro atoms. The molecule has 0 aliphatic heterocycles. The Morgan fingerprint density at radius 2 is 1.89 bits per heavy atom. The number of ketones is 1. The molecule has 2 rings (SSSR count). The van der Waals surface area contributed by atoms with Crippen LogP contribution in [0.2, 0.25) is 0 Å². The van der Waals surface area contributed by atoms with E-state index in [-0.39, 0.29) is 16.6 Å². The third-order valence-electron chi connectivity index (χ3n) is 4.70. The van der Waals surface area contributed by atoms with Gasteiger partial charge in [0.1, 0.15) is 5.57 Å². The zero-order chi connectivity index (χ0) is 14.3. The van der Waals surface area contributed by atoms with Crippen LogP contribution in [-0.2, 0) is 14.3 Å². The van der Waals surface area contributed by atoms with E-state index in [0.717, 1.165) is 31.3 Å². The van der Waals surface area contributed by atoms with Crippen LogP contribution in [0, 0.1) is 10.8 Å². The second kappa shape index (κ2) is 4.77. The molecule has 3 heteroatoms. The fraction of sp³-hybridized carbons (Fsp3) is 0.750. The van der Waals surface area contributed by atoms with Crippen molar-refractivity contribution in [2.45, 2.75) is 59.8 Å². The zero-order valence-electron chi connectivity index (χ0n) is 12.5. The number of ether oxygens (including phenoxy) is 1. The fourth-order valence-corrected chi connectivity index (χ4v) is 3.33. The van der Waals surface area contributed by atoms with Crippen molar-refractivity contribution in [2.75, 3.05) is 6.61 Å². The second-order valence-corrected chi connectivity index (χ2v) is 6.90. The van der Waals surface area contributed by atoms with Gasteiger partial charge < -0.3 is 4.74 Å². The molecule has 0 aromatic carbocycles. The van der Waals surface area contributed by atoms with Crippen LogP contribution >= 0.6 is 0 Å². The number of allylic oxidation sites excluding steroid dienone is 1. The number of hydrogen-bond acceptors (Lipinski definition) is 3. The highest BCUT2D eigenvalue weighted by Crippen LogP contribution is 2.54. The van der Waals surface area contributed by atoms with Gasteiger partial charge in [-0.05, 0) is 49.0 Å². The topological polar surface area (TPSA) is 43.4 Å². The summed E-state index contributed by atoms with van der Waals surface area (Å²) in [4.78, 5) is 24.3. The number of carbonyl (C=O) groups is 2. The van der Waals surface area contributed by atoms with E-state index in [1.54, 1.807) is 6.92 Å². The van der Waals surface area contributed by atoms with Crippen molar-refractivity contribution in [1.82, 2.24) is 0 Å². The smallest absolute Gasteiger partial charge is 0.341 e. The first kappa shape index (κ1) is 14.3. The van der Waals surface area contributed by atoms with Gasteiger partial charge in [-0.2, -0.15) is 0 Å². The van der Waals surface area contributed by atoms with E-state index in [4.69, 9.17) is 4.74 Å². The summed E-state index contributed by atoms with van der Waals surface area (Å²) in [6.45, 7) is 8.72. The molecular weight excluding hydrogens is 240 g/mol. The summed E-state index contributed by atoms with van der Waals surface area (Å²) >= 11 is 0. The normalized spacial score (nSPS) is 30.0. The molecule has 2 aliphatic carbocycles. The predicted octanol–water partition coefficient (Wildman–Crippen LogP) is 3.43. The molecule has 0 amide bonds. The van der Waals surface area contributed by atoms with Crippen molar-refractivity contribution in [3.05, 3.63) is 11.1 Å². The summed E-state index contributed by atoms with van der Waals surface area (Å²) in [5.41, 5.74) is 1.61. The van der Waals surface area contributed by atoms with Gasteiger partial charge in [0.25, 0.3) is 0 Å². The Morgan fingerprint density at radius 1 is 1.21 bits per heavy atom. The van der Waals surface area contributed by atoms with Gasteiger partial charge in [-0.25, -0.2) is 4.79 Å². The van der Waals surface area contributed by atoms with Gasteiger partial charge in [-0.3, -0.25) is 4.79 Å². The highest BCUT2D eigenvalue weighted by Gasteiger charge is 2.45. The van der Waals surface area contributed by atoms with Crippen LogP contribution in [-0.4, -0.2) is 18.4 Å². The minimum atomic E-state index is -0.411. The van der Waals surface area contributed by atoms with Gasteiger partial charge in [0.2, 0.25) is 0 Å². The van der Waals surface area contributed by atoms with E-state index in [0.29, 0.717) is 18.6 Å². The van der Waals surface area contributed by atoms with E-state index in [9.17, 15) is 9.59 Å². The summed E-state index contributed by atoms with van der Waals surface area (Å²) in [6.07, 6.45) is 4.40. The Hall–Kier alpha value is -1.12. The summed E-state index contributed by atoms with van der Waals surface area (Å²) in [7, 11) is 0. The second-order valence-electron chi connectivity index (χ2n) is 6.90. The first-order valence-corrected chi connectivity index (χ1v) is 7.23. The van der Waals surface area contributed by atoms with Gasteiger partial charge in [0.05, 0.1) is 6.61 Å². The van der Waals surface area contributed by atoms with E-state index in [2.05, 4.69) is 20.8 Å². The van der Waals surface area contributed by atoms with Crippen LogP contribution in [0.15, 0.2) is 11.1 Å². The maximum absolute atomic E-state index is 12.2. The molecule has 2 aliphatic rings. The molecule has 0 heterocycles. The number of rotatable bonds is 2. The van der Waals surface area contributed by atoms with Crippen molar-refractivity contribution >= 4 is 11.8 Å². The average Bonchev–Trinajstić information content (AvgIpc) is 2.31. The van der Waals surface area contributed by atoms with Crippen molar-refractivity contribution in [3.63, 3.8) is 0 Å². The lowest BCUT2D eigenvalue weighted by atomic mass is 9.58. The van der Waals surface area contributed by atoms with E-state index < -0.39 is 5.97 Å². The molecule has 0 radical (unpaired) electrons. The molecule has 0 N–H and O–H groups in total. The predicted molar refractivity (Wildman–Crippen MR) is 73.6 cm³/mol. The number of carbonyl (C=O) groups excluding carboxylic acids is 2. The van der Waals surface area contributed by atoms with Crippen molar-refractivity contribution in [2.24, 2.45) is 10.8 Å². The van der Waals surface area contributed by atoms with Gasteiger partial charge in [-0.1, -0.05) is 20.8 Å². The lowest BCUT2D eigenvalue weighted by Crippen LogP contribution is -2.38. The van der Waals surface area contributed by atoms with Crippen molar-refractivity contribution < 1.29 is 14.3 Å². The SMILES string of the molecule is CCOC(=O)C1=C2CC(C)(C)CCC2(C)CCC1=O. The zero-order valence-corrected chi connectivity index (χ0v) is 12.5.